The van der Waals surface area contributed by atoms with Crippen molar-refractivity contribution in [1.82, 2.24) is 0 Å². The van der Waals surface area contributed by atoms with E-state index in [-0.39, 0.29) is 5.41 Å². The third kappa shape index (κ3) is 8.50. The molecule has 0 fully saturated rings. The van der Waals surface area contributed by atoms with Crippen molar-refractivity contribution in [3.63, 3.8) is 0 Å². The van der Waals surface area contributed by atoms with Gasteiger partial charge in [0, 0.05) is 12.2 Å². The molecular weight excluding hydrogens is 405 g/mol. The second-order valence-corrected chi connectivity index (χ2v) is 11.6. The van der Waals surface area contributed by atoms with E-state index in [9.17, 15) is 10.0 Å². The Labute approximate surface area is 203 Å². The van der Waals surface area contributed by atoms with Crippen molar-refractivity contribution in [2.24, 2.45) is 16.7 Å². The van der Waals surface area contributed by atoms with Crippen molar-refractivity contribution in [3.05, 3.63) is 59.7 Å². The summed E-state index contributed by atoms with van der Waals surface area (Å²) in [6.07, 6.45) is 6.47. The minimum Gasteiger partial charge on any atom is -0.423 e. The Balaban J connectivity index is 2.08. The topological polar surface area (TPSA) is 52.5 Å². The molecule has 0 aliphatic rings. The summed E-state index contributed by atoms with van der Waals surface area (Å²) < 4.78 is 0. The molecule has 4 heteroatoms. The lowest BCUT2D eigenvalue weighted by molar-refractivity contribution is 0.144. The van der Waals surface area contributed by atoms with Gasteiger partial charge in [-0.25, -0.2) is 0 Å². The zero-order valence-electron chi connectivity index (χ0n) is 22.0. The Morgan fingerprint density at radius 3 is 2.18 bits per heavy atom. The molecule has 0 aromatic heterocycles. The zero-order valence-corrected chi connectivity index (χ0v) is 22.0. The van der Waals surface area contributed by atoms with E-state index in [1.54, 1.807) is 12.1 Å². The maximum Gasteiger partial charge on any atom is 0.488 e. The van der Waals surface area contributed by atoms with Crippen LogP contribution in [0, 0.1) is 16.7 Å². The van der Waals surface area contributed by atoms with Gasteiger partial charge in [0.05, 0.1) is 0 Å². The summed E-state index contributed by atoms with van der Waals surface area (Å²) in [7, 11) is -1.45. The first-order chi connectivity index (χ1) is 15.4. The van der Waals surface area contributed by atoms with Crippen molar-refractivity contribution < 1.29 is 10.0 Å². The van der Waals surface area contributed by atoms with Crippen LogP contribution >= 0.6 is 0 Å². The van der Waals surface area contributed by atoms with Crippen LogP contribution in [0.3, 0.4) is 0 Å². The number of rotatable bonds is 12. The van der Waals surface area contributed by atoms with E-state index in [1.807, 2.05) is 12.1 Å². The lowest BCUT2D eigenvalue weighted by Crippen LogP contribution is -2.29. The van der Waals surface area contributed by atoms with Crippen LogP contribution in [-0.2, 0) is 6.54 Å². The second-order valence-electron chi connectivity index (χ2n) is 11.6. The van der Waals surface area contributed by atoms with E-state index >= 15 is 0 Å². The van der Waals surface area contributed by atoms with E-state index in [4.69, 9.17) is 0 Å². The average Bonchev–Trinajstić information content (AvgIpc) is 2.76. The van der Waals surface area contributed by atoms with Gasteiger partial charge >= 0.3 is 7.12 Å². The molecule has 0 aliphatic heterocycles. The van der Waals surface area contributed by atoms with Crippen molar-refractivity contribution in [2.75, 3.05) is 5.32 Å². The number of anilines is 1. The number of unbranched alkanes of at least 4 members (excludes halogenated alkanes) is 2. The molecule has 2 rings (SSSR count). The third-order valence-corrected chi connectivity index (χ3v) is 7.41. The first-order valence-corrected chi connectivity index (χ1v) is 12.7. The lowest BCUT2D eigenvalue weighted by atomic mass is 9.64. The number of nitrogens with one attached hydrogen (secondary N) is 1. The molecule has 0 bridgehead atoms. The molecule has 3 nitrogen and oxygen atoms in total. The Hall–Kier alpha value is -1.78. The number of hydrogen-bond acceptors (Lipinski definition) is 3. The van der Waals surface area contributed by atoms with Crippen LogP contribution in [0.2, 0.25) is 0 Å². The molecule has 182 valence electrons. The van der Waals surface area contributed by atoms with Crippen molar-refractivity contribution in [3.8, 4) is 0 Å². The van der Waals surface area contributed by atoms with E-state index in [2.05, 4.69) is 78.0 Å². The summed E-state index contributed by atoms with van der Waals surface area (Å²) in [5.74, 6) is 1.22. The van der Waals surface area contributed by atoms with Gasteiger partial charge in [0.25, 0.3) is 0 Å². The molecule has 0 aliphatic carbocycles. The highest BCUT2D eigenvalue weighted by atomic mass is 16.4. The van der Waals surface area contributed by atoms with Crippen LogP contribution in [0.4, 0.5) is 5.69 Å². The zero-order chi connectivity index (χ0) is 24.6. The van der Waals surface area contributed by atoms with Crippen molar-refractivity contribution in [1.29, 1.82) is 0 Å². The molecule has 0 radical (unpaired) electrons. The normalized spacial score (nSPS) is 14.1. The highest BCUT2D eigenvalue weighted by Crippen LogP contribution is 2.46. The SMILES string of the molecule is CCCCCC(C)C(C)(C)CC(c1ccc(CNc2cccc(B(O)O)c2)cc1)C(C)(C)C. The fourth-order valence-corrected chi connectivity index (χ4v) is 4.62. The smallest absolute Gasteiger partial charge is 0.423 e. The largest absolute Gasteiger partial charge is 0.488 e. The molecule has 0 amide bonds. The highest BCUT2D eigenvalue weighted by molar-refractivity contribution is 6.58. The quantitative estimate of drug-likeness (QED) is 0.247. The molecule has 3 N–H and O–H groups in total. The molecular formula is C29H46BNO2. The molecule has 0 heterocycles. The maximum absolute atomic E-state index is 9.38. The fourth-order valence-electron chi connectivity index (χ4n) is 4.62. The molecule has 2 atom stereocenters. The van der Waals surface area contributed by atoms with Gasteiger partial charge in [-0.3, -0.25) is 0 Å². The molecule has 2 aromatic carbocycles. The molecule has 33 heavy (non-hydrogen) atoms. The van der Waals surface area contributed by atoms with Crippen LogP contribution in [0.5, 0.6) is 0 Å². The van der Waals surface area contributed by atoms with Gasteiger partial charge in [-0.05, 0) is 57.8 Å². The first kappa shape index (κ1) is 27.5. The van der Waals surface area contributed by atoms with Gasteiger partial charge in [-0.1, -0.05) is 111 Å². The van der Waals surface area contributed by atoms with Crippen LogP contribution in [-0.4, -0.2) is 17.2 Å². The molecule has 2 aromatic rings. The van der Waals surface area contributed by atoms with Gasteiger partial charge in [0.2, 0.25) is 0 Å². The fraction of sp³-hybridized carbons (Fsp3) is 0.586. The lowest BCUT2D eigenvalue weighted by Gasteiger charge is -2.41. The summed E-state index contributed by atoms with van der Waals surface area (Å²) in [6, 6.07) is 16.3. The summed E-state index contributed by atoms with van der Waals surface area (Å²) >= 11 is 0. The summed E-state index contributed by atoms with van der Waals surface area (Å²) in [5.41, 5.74) is 4.52. The Kier molecular flexibility index (Phi) is 10.1. The van der Waals surface area contributed by atoms with Gasteiger partial charge in [-0.15, -0.1) is 0 Å². The minimum absolute atomic E-state index is 0.200. The van der Waals surface area contributed by atoms with E-state index < -0.39 is 7.12 Å². The molecule has 0 saturated carbocycles. The summed E-state index contributed by atoms with van der Waals surface area (Å²) in [4.78, 5) is 0. The van der Waals surface area contributed by atoms with Crippen LogP contribution in [0.15, 0.2) is 48.5 Å². The predicted octanol–water partition coefficient (Wildman–Crippen LogP) is 6.74. The van der Waals surface area contributed by atoms with Crippen molar-refractivity contribution in [2.45, 2.75) is 93.0 Å². The third-order valence-electron chi connectivity index (χ3n) is 7.41. The van der Waals surface area contributed by atoms with E-state index in [0.29, 0.717) is 29.3 Å². The van der Waals surface area contributed by atoms with E-state index in [0.717, 1.165) is 5.69 Å². The molecule has 2 unspecified atom stereocenters. The highest BCUT2D eigenvalue weighted by Gasteiger charge is 2.35. The van der Waals surface area contributed by atoms with Crippen molar-refractivity contribution >= 4 is 18.3 Å². The van der Waals surface area contributed by atoms with Crippen LogP contribution in [0.1, 0.15) is 97.6 Å². The van der Waals surface area contributed by atoms with Crippen LogP contribution < -0.4 is 10.8 Å². The maximum atomic E-state index is 9.38. The predicted molar refractivity (Wildman–Crippen MR) is 144 cm³/mol. The Bertz CT molecular complexity index is 839. The second kappa shape index (κ2) is 12.1. The number of benzene rings is 2. The van der Waals surface area contributed by atoms with Gasteiger partial charge in [0.1, 0.15) is 0 Å². The monoisotopic (exact) mass is 451 g/mol. The Morgan fingerprint density at radius 1 is 0.939 bits per heavy atom. The molecule has 0 spiro atoms. The van der Waals surface area contributed by atoms with Gasteiger partial charge in [-0.2, -0.15) is 0 Å². The minimum atomic E-state index is -1.45. The number of hydrogen-bond donors (Lipinski definition) is 3. The van der Waals surface area contributed by atoms with Gasteiger partial charge < -0.3 is 15.4 Å². The Morgan fingerprint density at radius 2 is 1.61 bits per heavy atom. The van der Waals surface area contributed by atoms with Gasteiger partial charge in [0.15, 0.2) is 0 Å². The first-order valence-electron chi connectivity index (χ1n) is 12.7. The van der Waals surface area contributed by atoms with Crippen LogP contribution in [0.25, 0.3) is 0 Å². The molecule has 0 saturated heterocycles. The summed E-state index contributed by atoms with van der Waals surface area (Å²) in [5, 5.41) is 22.1. The standard InChI is InChI=1S/C29H46BNO2/c1-8-9-10-12-22(2)29(6,7)20-27(28(3,4)5)24-17-15-23(16-18-24)21-31-26-14-11-13-25(19-26)30(32)33/h11,13-19,22,27,31-33H,8-10,12,20-21H2,1-7H3. The average molecular weight is 452 g/mol. The summed E-state index contributed by atoms with van der Waals surface area (Å²) in [6.45, 7) is 17.4. The van der Waals surface area contributed by atoms with E-state index in [1.165, 1.54) is 43.2 Å².